The van der Waals surface area contributed by atoms with E-state index in [0.29, 0.717) is 12.6 Å². The van der Waals surface area contributed by atoms with E-state index in [1.54, 1.807) is 0 Å². The number of aromatic nitrogens is 4. The summed E-state index contributed by atoms with van der Waals surface area (Å²) in [5.74, 6) is 0.960. The maximum absolute atomic E-state index is 5.60. The highest BCUT2D eigenvalue weighted by Gasteiger charge is 2.29. The van der Waals surface area contributed by atoms with Crippen LogP contribution in [0.3, 0.4) is 0 Å². The molecule has 0 amide bonds. The first-order valence-electron chi connectivity index (χ1n) is 7.16. The summed E-state index contributed by atoms with van der Waals surface area (Å²) in [5.41, 5.74) is 8.72. The maximum Gasteiger partial charge on any atom is 0.161 e. The number of benzene rings is 1. The molecule has 0 radical (unpaired) electrons. The average Bonchev–Trinajstić information content (AvgIpc) is 3.08. The van der Waals surface area contributed by atoms with Crippen LogP contribution in [0.1, 0.15) is 18.9 Å². The number of halogens is 1. The van der Waals surface area contributed by atoms with Gasteiger partial charge in [-0.25, -0.2) is 9.97 Å². The van der Waals surface area contributed by atoms with Gasteiger partial charge in [-0.1, -0.05) is 15.9 Å². The van der Waals surface area contributed by atoms with Crippen molar-refractivity contribution in [1.29, 1.82) is 0 Å². The van der Waals surface area contributed by atoms with Crippen LogP contribution in [0.15, 0.2) is 35.2 Å². The number of nitrogens with two attached hydrogens (primary N) is 1. The predicted molar refractivity (Wildman–Crippen MR) is 86.0 cm³/mol. The van der Waals surface area contributed by atoms with E-state index in [4.69, 9.17) is 10.7 Å². The molecule has 21 heavy (non-hydrogen) atoms. The third kappa shape index (κ3) is 2.28. The van der Waals surface area contributed by atoms with E-state index in [2.05, 4.69) is 43.7 Å². The summed E-state index contributed by atoms with van der Waals surface area (Å²) in [5, 5.41) is 0. The third-order valence-corrected chi connectivity index (χ3v) is 4.31. The molecule has 6 heteroatoms. The van der Waals surface area contributed by atoms with Crippen LogP contribution in [0.5, 0.6) is 0 Å². The number of imidazole rings is 2. The predicted octanol–water partition coefficient (Wildman–Crippen LogP) is 2.96. The maximum atomic E-state index is 5.60. The van der Waals surface area contributed by atoms with Gasteiger partial charge < -0.3 is 14.9 Å². The topological polar surface area (TPSA) is 61.7 Å². The van der Waals surface area contributed by atoms with Crippen molar-refractivity contribution in [3.05, 3.63) is 35.2 Å². The first-order valence-corrected chi connectivity index (χ1v) is 7.95. The first kappa shape index (κ1) is 13.0. The first-order chi connectivity index (χ1) is 10.3. The van der Waals surface area contributed by atoms with Crippen LogP contribution in [-0.2, 0) is 6.54 Å². The van der Waals surface area contributed by atoms with Gasteiger partial charge in [0.05, 0.1) is 17.4 Å². The van der Waals surface area contributed by atoms with Gasteiger partial charge in [0.25, 0.3) is 0 Å². The molecule has 108 valence electrons. The van der Waals surface area contributed by atoms with Gasteiger partial charge in [0.1, 0.15) is 5.69 Å². The van der Waals surface area contributed by atoms with Gasteiger partial charge in [0.15, 0.2) is 5.82 Å². The highest BCUT2D eigenvalue weighted by molar-refractivity contribution is 9.10. The molecule has 1 saturated carbocycles. The van der Waals surface area contributed by atoms with Crippen LogP contribution in [0.2, 0.25) is 0 Å². The van der Waals surface area contributed by atoms with Gasteiger partial charge >= 0.3 is 0 Å². The molecular formula is C15H16BrN5. The molecule has 5 nitrogen and oxygen atoms in total. The highest BCUT2D eigenvalue weighted by Crippen LogP contribution is 2.41. The van der Waals surface area contributed by atoms with E-state index in [9.17, 15) is 0 Å². The summed E-state index contributed by atoms with van der Waals surface area (Å²) in [6.45, 7) is 1.39. The highest BCUT2D eigenvalue weighted by atomic mass is 79.9. The van der Waals surface area contributed by atoms with Gasteiger partial charge in [-0.3, -0.25) is 0 Å². The van der Waals surface area contributed by atoms with Gasteiger partial charge in [-0.15, -0.1) is 0 Å². The fourth-order valence-corrected chi connectivity index (χ4v) is 3.05. The van der Waals surface area contributed by atoms with E-state index < -0.39 is 0 Å². The van der Waals surface area contributed by atoms with Gasteiger partial charge in [0, 0.05) is 29.8 Å². The fraction of sp³-hybridized carbons (Fsp3) is 0.333. The van der Waals surface area contributed by atoms with Crippen LogP contribution >= 0.6 is 15.9 Å². The van der Waals surface area contributed by atoms with Crippen molar-refractivity contribution in [2.45, 2.75) is 25.4 Å². The van der Waals surface area contributed by atoms with Gasteiger partial charge in [-0.2, -0.15) is 0 Å². The molecule has 3 aromatic rings. The van der Waals surface area contributed by atoms with Crippen molar-refractivity contribution in [3.8, 4) is 11.5 Å². The summed E-state index contributed by atoms with van der Waals surface area (Å²) >= 11 is 3.52. The lowest BCUT2D eigenvalue weighted by molar-refractivity contribution is 0.707. The minimum absolute atomic E-state index is 0.561. The van der Waals surface area contributed by atoms with E-state index >= 15 is 0 Å². The molecule has 2 aromatic heterocycles. The Morgan fingerprint density at radius 2 is 2.19 bits per heavy atom. The minimum Gasteiger partial charge on any atom is -0.335 e. The molecule has 4 rings (SSSR count). The zero-order chi connectivity index (χ0) is 14.4. The van der Waals surface area contributed by atoms with Crippen molar-refractivity contribution in [1.82, 2.24) is 19.1 Å². The minimum atomic E-state index is 0.561. The zero-order valence-corrected chi connectivity index (χ0v) is 13.1. The molecule has 0 bridgehead atoms. The van der Waals surface area contributed by atoms with Gasteiger partial charge in [0.2, 0.25) is 0 Å². The van der Waals surface area contributed by atoms with E-state index in [-0.39, 0.29) is 0 Å². The van der Waals surface area contributed by atoms with Crippen molar-refractivity contribution in [2.75, 3.05) is 6.54 Å². The Morgan fingerprint density at radius 3 is 2.95 bits per heavy atom. The summed E-state index contributed by atoms with van der Waals surface area (Å²) in [6, 6.07) is 6.82. The normalized spacial score (nSPS) is 15.0. The molecule has 0 spiro atoms. The van der Waals surface area contributed by atoms with Crippen molar-refractivity contribution >= 4 is 27.0 Å². The smallest absolute Gasteiger partial charge is 0.161 e. The Bertz CT molecular complexity index is 800. The third-order valence-electron chi connectivity index (χ3n) is 3.81. The molecule has 1 fully saturated rings. The number of hydrogen-bond acceptors (Lipinski definition) is 3. The quantitative estimate of drug-likeness (QED) is 0.790. The van der Waals surface area contributed by atoms with Crippen LogP contribution < -0.4 is 5.73 Å². The monoisotopic (exact) mass is 345 g/mol. The molecule has 1 aliphatic carbocycles. The lowest BCUT2D eigenvalue weighted by Crippen LogP contribution is -2.07. The summed E-state index contributed by atoms with van der Waals surface area (Å²) in [7, 11) is 0. The number of nitrogens with zero attached hydrogens (tertiary/aromatic N) is 4. The van der Waals surface area contributed by atoms with Crippen LogP contribution in [0.25, 0.3) is 22.6 Å². The SMILES string of the molecule is NCCn1cnc(-c2nc3cc(Br)ccc3n2C2CC2)c1. The lowest BCUT2D eigenvalue weighted by atomic mass is 10.3. The lowest BCUT2D eigenvalue weighted by Gasteiger charge is -2.05. The van der Waals surface area contributed by atoms with E-state index in [0.717, 1.165) is 28.1 Å². The zero-order valence-electron chi connectivity index (χ0n) is 11.5. The Labute approximate surface area is 130 Å². The molecule has 0 atom stereocenters. The second-order valence-electron chi connectivity index (χ2n) is 5.46. The standard InChI is InChI=1S/C15H16BrN5/c16-10-1-4-14-12(7-10)19-15(21(14)11-2-3-11)13-8-20(6-5-17)9-18-13/h1,4,7-9,11H,2-3,5-6,17H2. The molecule has 1 aromatic carbocycles. The second-order valence-corrected chi connectivity index (χ2v) is 6.37. The van der Waals surface area contributed by atoms with Crippen molar-refractivity contribution < 1.29 is 0 Å². The summed E-state index contributed by atoms with van der Waals surface area (Å²) in [4.78, 5) is 9.31. The number of rotatable bonds is 4. The Kier molecular flexibility index (Phi) is 3.08. The molecule has 2 N–H and O–H groups in total. The van der Waals surface area contributed by atoms with Crippen LogP contribution in [-0.4, -0.2) is 25.6 Å². The largest absolute Gasteiger partial charge is 0.335 e. The Morgan fingerprint density at radius 1 is 1.33 bits per heavy atom. The molecule has 0 unspecified atom stereocenters. The molecule has 0 saturated heterocycles. The van der Waals surface area contributed by atoms with Crippen LogP contribution in [0.4, 0.5) is 0 Å². The summed E-state index contributed by atoms with van der Waals surface area (Å²) < 4.78 is 5.40. The molecule has 2 heterocycles. The Hall–Kier alpha value is -1.66. The van der Waals surface area contributed by atoms with E-state index in [1.807, 2.05) is 17.1 Å². The Balaban J connectivity index is 1.88. The summed E-state index contributed by atoms with van der Waals surface area (Å²) in [6.07, 6.45) is 6.30. The van der Waals surface area contributed by atoms with Crippen molar-refractivity contribution in [3.63, 3.8) is 0 Å². The molecule has 0 aliphatic heterocycles. The van der Waals surface area contributed by atoms with Gasteiger partial charge in [-0.05, 0) is 31.0 Å². The second kappa shape index (κ2) is 4.96. The number of fused-ring (bicyclic) bond motifs is 1. The van der Waals surface area contributed by atoms with Crippen LogP contribution in [0, 0.1) is 0 Å². The van der Waals surface area contributed by atoms with E-state index in [1.165, 1.54) is 18.4 Å². The average molecular weight is 346 g/mol. The molecular weight excluding hydrogens is 330 g/mol. The van der Waals surface area contributed by atoms with Crippen molar-refractivity contribution in [2.24, 2.45) is 5.73 Å². The molecule has 1 aliphatic rings. The fourth-order valence-electron chi connectivity index (χ4n) is 2.70. The number of hydrogen-bond donors (Lipinski definition) is 1.